The Morgan fingerprint density at radius 2 is 2.10 bits per heavy atom. The van der Waals surface area contributed by atoms with Crippen LogP contribution in [0.25, 0.3) is 0 Å². The minimum atomic E-state index is 0.460. The van der Waals surface area contributed by atoms with Gasteiger partial charge in [-0.1, -0.05) is 31.5 Å². The Kier molecular flexibility index (Phi) is 5.91. The molecule has 0 spiro atoms. The Balaban J connectivity index is 2.27. The first-order chi connectivity index (χ1) is 9.99. The second kappa shape index (κ2) is 7.48. The first-order valence-corrected chi connectivity index (χ1v) is 8.32. The van der Waals surface area contributed by atoms with Crippen LogP contribution in [-0.2, 0) is 6.54 Å². The predicted octanol–water partition coefficient (Wildman–Crippen LogP) is 3.37. The fourth-order valence-corrected chi connectivity index (χ4v) is 3.26. The Labute approximate surface area is 134 Å². The normalized spacial score (nSPS) is 20.9. The lowest BCUT2D eigenvalue weighted by Gasteiger charge is -2.32. The quantitative estimate of drug-likeness (QED) is 0.920. The van der Waals surface area contributed by atoms with Crippen LogP contribution in [0.15, 0.2) is 18.2 Å². The van der Waals surface area contributed by atoms with Crippen LogP contribution < -0.4 is 10.2 Å². The van der Waals surface area contributed by atoms with Crippen LogP contribution in [0.1, 0.15) is 32.8 Å². The largest absolute Gasteiger partial charge is 0.367 e. The Morgan fingerprint density at radius 3 is 2.81 bits per heavy atom. The standard InChI is InChI=1S/C17H28ClN3/c1-13(2)19-11-15-16(18)7-5-8-17(15)21-10-6-9-20(4)12-14(21)3/h5,7-8,13-14,19H,6,9-12H2,1-4H3. The van der Waals surface area contributed by atoms with Gasteiger partial charge in [-0.05, 0) is 39.1 Å². The van der Waals surface area contributed by atoms with E-state index in [1.165, 1.54) is 24.2 Å². The zero-order valence-electron chi connectivity index (χ0n) is 13.7. The lowest BCUT2D eigenvalue weighted by Crippen LogP contribution is -2.38. The van der Waals surface area contributed by atoms with Gasteiger partial charge in [0, 0.05) is 48.0 Å². The molecule has 1 heterocycles. The summed E-state index contributed by atoms with van der Waals surface area (Å²) in [7, 11) is 2.21. The molecule has 1 unspecified atom stereocenters. The average molecular weight is 310 g/mol. The van der Waals surface area contributed by atoms with E-state index >= 15 is 0 Å². The summed E-state index contributed by atoms with van der Waals surface area (Å²) in [4.78, 5) is 4.94. The van der Waals surface area contributed by atoms with Crippen molar-refractivity contribution in [3.8, 4) is 0 Å². The van der Waals surface area contributed by atoms with Crippen molar-refractivity contribution in [3.63, 3.8) is 0 Å². The molecule has 0 aromatic heterocycles. The molecule has 0 amide bonds. The molecular formula is C17H28ClN3. The van der Waals surface area contributed by atoms with Gasteiger partial charge in [-0.2, -0.15) is 0 Å². The minimum Gasteiger partial charge on any atom is -0.367 e. The maximum absolute atomic E-state index is 6.47. The topological polar surface area (TPSA) is 18.5 Å². The van der Waals surface area contributed by atoms with Gasteiger partial charge in [0.2, 0.25) is 0 Å². The highest BCUT2D eigenvalue weighted by Crippen LogP contribution is 2.30. The fraction of sp³-hybridized carbons (Fsp3) is 0.647. The molecule has 4 heteroatoms. The van der Waals surface area contributed by atoms with E-state index in [1.54, 1.807) is 0 Å². The SMILES string of the molecule is CC(C)NCc1c(Cl)cccc1N1CCCN(C)CC1C. The van der Waals surface area contributed by atoms with Crippen molar-refractivity contribution in [2.75, 3.05) is 31.6 Å². The van der Waals surface area contributed by atoms with Crippen LogP contribution in [0, 0.1) is 0 Å². The summed E-state index contributed by atoms with van der Waals surface area (Å²) >= 11 is 6.47. The Bertz CT molecular complexity index is 461. The lowest BCUT2D eigenvalue weighted by atomic mass is 10.1. The van der Waals surface area contributed by atoms with E-state index in [0.717, 1.165) is 24.7 Å². The number of hydrogen-bond acceptors (Lipinski definition) is 3. The zero-order valence-corrected chi connectivity index (χ0v) is 14.5. The van der Waals surface area contributed by atoms with Crippen LogP contribution in [-0.4, -0.2) is 43.7 Å². The molecule has 2 rings (SSSR count). The summed E-state index contributed by atoms with van der Waals surface area (Å²) in [5.41, 5.74) is 2.52. The van der Waals surface area contributed by atoms with E-state index in [0.29, 0.717) is 12.1 Å². The number of benzene rings is 1. The summed E-state index contributed by atoms with van der Waals surface area (Å²) < 4.78 is 0. The second-order valence-electron chi connectivity index (χ2n) is 6.43. The number of rotatable bonds is 4. The molecule has 118 valence electrons. The molecule has 1 N–H and O–H groups in total. The first-order valence-electron chi connectivity index (χ1n) is 7.95. The van der Waals surface area contributed by atoms with E-state index in [9.17, 15) is 0 Å². The third kappa shape index (κ3) is 4.35. The van der Waals surface area contributed by atoms with Crippen LogP contribution >= 0.6 is 11.6 Å². The molecule has 1 aliphatic heterocycles. The van der Waals surface area contributed by atoms with Crippen LogP contribution in [0.4, 0.5) is 5.69 Å². The van der Waals surface area contributed by atoms with Crippen molar-refractivity contribution in [2.45, 2.75) is 45.8 Å². The van der Waals surface area contributed by atoms with Crippen molar-refractivity contribution in [1.82, 2.24) is 10.2 Å². The van der Waals surface area contributed by atoms with Gasteiger partial charge in [0.15, 0.2) is 0 Å². The van der Waals surface area contributed by atoms with E-state index in [-0.39, 0.29) is 0 Å². The van der Waals surface area contributed by atoms with Crippen molar-refractivity contribution in [1.29, 1.82) is 0 Å². The van der Waals surface area contributed by atoms with E-state index < -0.39 is 0 Å². The highest BCUT2D eigenvalue weighted by molar-refractivity contribution is 6.31. The van der Waals surface area contributed by atoms with Gasteiger partial charge >= 0.3 is 0 Å². The third-order valence-electron chi connectivity index (χ3n) is 4.14. The lowest BCUT2D eigenvalue weighted by molar-refractivity contribution is 0.337. The van der Waals surface area contributed by atoms with Gasteiger partial charge < -0.3 is 15.1 Å². The molecule has 1 aromatic rings. The number of halogens is 1. The fourth-order valence-electron chi connectivity index (χ4n) is 3.03. The summed E-state index contributed by atoms with van der Waals surface area (Å²) in [6.45, 7) is 10.8. The maximum atomic E-state index is 6.47. The molecule has 3 nitrogen and oxygen atoms in total. The summed E-state index contributed by atoms with van der Waals surface area (Å²) in [6, 6.07) is 7.25. The highest BCUT2D eigenvalue weighted by Gasteiger charge is 2.22. The average Bonchev–Trinajstić information content (AvgIpc) is 2.57. The van der Waals surface area contributed by atoms with Crippen molar-refractivity contribution in [2.24, 2.45) is 0 Å². The maximum Gasteiger partial charge on any atom is 0.0471 e. The molecule has 0 aliphatic carbocycles. The second-order valence-corrected chi connectivity index (χ2v) is 6.84. The van der Waals surface area contributed by atoms with Gasteiger partial charge in [0.25, 0.3) is 0 Å². The molecule has 21 heavy (non-hydrogen) atoms. The van der Waals surface area contributed by atoms with E-state index in [2.05, 4.69) is 55.1 Å². The van der Waals surface area contributed by atoms with Crippen molar-refractivity contribution in [3.05, 3.63) is 28.8 Å². The molecule has 1 aromatic carbocycles. The van der Waals surface area contributed by atoms with Gasteiger partial charge in [0.05, 0.1) is 0 Å². The minimum absolute atomic E-state index is 0.460. The number of nitrogens with one attached hydrogen (secondary N) is 1. The number of anilines is 1. The molecule has 1 fully saturated rings. The summed E-state index contributed by atoms with van der Waals surface area (Å²) in [6.07, 6.45) is 1.20. The number of nitrogens with zero attached hydrogens (tertiary/aromatic N) is 2. The summed E-state index contributed by atoms with van der Waals surface area (Å²) in [5, 5.41) is 4.37. The Morgan fingerprint density at radius 1 is 1.33 bits per heavy atom. The molecule has 0 bridgehead atoms. The zero-order chi connectivity index (χ0) is 15.4. The van der Waals surface area contributed by atoms with Gasteiger partial charge in [-0.15, -0.1) is 0 Å². The third-order valence-corrected chi connectivity index (χ3v) is 4.49. The molecule has 1 aliphatic rings. The molecule has 0 saturated carbocycles. The van der Waals surface area contributed by atoms with Crippen LogP contribution in [0.3, 0.4) is 0 Å². The first kappa shape index (κ1) is 16.6. The van der Waals surface area contributed by atoms with Crippen molar-refractivity contribution >= 4 is 17.3 Å². The predicted molar refractivity (Wildman–Crippen MR) is 92.3 cm³/mol. The van der Waals surface area contributed by atoms with Crippen molar-refractivity contribution < 1.29 is 0 Å². The van der Waals surface area contributed by atoms with Crippen LogP contribution in [0.2, 0.25) is 5.02 Å². The Hall–Kier alpha value is -0.770. The number of likely N-dealkylation sites (N-methyl/N-ethyl adjacent to an activating group) is 1. The molecule has 0 radical (unpaired) electrons. The summed E-state index contributed by atoms with van der Waals surface area (Å²) in [5.74, 6) is 0. The monoisotopic (exact) mass is 309 g/mol. The highest BCUT2D eigenvalue weighted by atomic mass is 35.5. The van der Waals surface area contributed by atoms with Gasteiger partial charge in [-0.25, -0.2) is 0 Å². The smallest absolute Gasteiger partial charge is 0.0471 e. The van der Waals surface area contributed by atoms with Crippen LogP contribution in [0.5, 0.6) is 0 Å². The van der Waals surface area contributed by atoms with Gasteiger partial charge in [-0.3, -0.25) is 0 Å². The molecule has 1 saturated heterocycles. The van der Waals surface area contributed by atoms with E-state index in [4.69, 9.17) is 11.6 Å². The molecule has 1 atom stereocenters. The van der Waals surface area contributed by atoms with E-state index in [1.807, 2.05) is 6.07 Å². The number of hydrogen-bond donors (Lipinski definition) is 1. The molecular weight excluding hydrogens is 282 g/mol. The van der Waals surface area contributed by atoms with Gasteiger partial charge in [0.1, 0.15) is 0 Å².